The molecule has 3 rings (SSSR count). The summed E-state index contributed by atoms with van der Waals surface area (Å²) in [5.74, 6) is -2.25. The first-order valence-electron chi connectivity index (χ1n) is 8.95. The van der Waals surface area contributed by atoms with Crippen LogP contribution in [0.15, 0.2) is 24.5 Å². The monoisotopic (exact) mass is 392 g/mol. The Morgan fingerprint density at radius 1 is 1.36 bits per heavy atom. The third kappa shape index (κ3) is 3.69. The highest BCUT2D eigenvalue weighted by atomic mass is 19.1. The van der Waals surface area contributed by atoms with Gasteiger partial charge in [-0.25, -0.2) is 23.4 Å². The number of nitrogens with one attached hydrogen (secondary N) is 2. The molecule has 1 unspecified atom stereocenters. The number of hydrogen-bond acceptors (Lipinski definition) is 4. The lowest BCUT2D eigenvalue weighted by molar-refractivity contribution is -0.144. The molecule has 0 spiro atoms. The van der Waals surface area contributed by atoms with E-state index < -0.39 is 35.7 Å². The maximum Gasteiger partial charge on any atom is 0.328 e. The number of fused-ring (bicyclic) bond motifs is 1. The topological polar surface area (TPSA) is 87.3 Å². The molecule has 1 aromatic carbocycles. The molecule has 1 aliphatic heterocycles. The van der Waals surface area contributed by atoms with Gasteiger partial charge in [0.15, 0.2) is 0 Å². The highest BCUT2D eigenvalue weighted by Gasteiger charge is 2.37. The first-order valence-corrected chi connectivity index (χ1v) is 8.95. The van der Waals surface area contributed by atoms with Gasteiger partial charge in [0.25, 0.3) is 0 Å². The Bertz CT molecular complexity index is 884. The van der Waals surface area contributed by atoms with Gasteiger partial charge in [-0.15, -0.1) is 0 Å². The zero-order chi connectivity index (χ0) is 20.4. The highest BCUT2D eigenvalue weighted by molar-refractivity contribution is 5.84. The molecule has 2 atom stereocenters. The summed E-state index contributed by atoms with van der Waals surface area (Å²) in [6, 6.07) is 0.974. The molecular weight excluding hydrogens is 370 g/mol. The van der Waals surface area contributed by atoms with E-state index in [4.69, 9.17) is 4.74 Å². The summed E-state index contributed by atoms with van der Waals surface area (Å²) in [5, 5.41) is 2.67. The van der Waals surface area contributed by atoms with Crippen molar-refractivity contribution in [2.24, 2.45) is 5.92 Å². The van der Waals surface area contributed by atoms with Gasteiger partial charge < -0.3 is 19.9 Å². The second-order valence-corrected chi connectivity index (χ2v) is 6.97. The van der Waals surface area contributed by atoms with Crippen LogP contribution in [0.3, 0.4) is 0 Å². The predicted octanol–water partition coefficient (Wildman–Crippen LogP) is 2.54. The summed E-state index contributed by atoms with van der Waals surface area (Å²) in [4.78, 5) is 33.6. The summed E-state index contributed by atoms with van der Waals surface area (Å²) in [7, 11) is 1.25. The highest BCUT2D eigenvalue weighted by Crippen LogP contribution is 2.35. The van der Waals surface area contributed by atoms with Crippen molar-refractivity contribution in [2.75, 3.05) is 13.7 Å². The standard InChI is InChI=1S/C19H22F2N4O3/c1-10(2)15(18(26)28-3)24-19(27)25-7-6-14-16(23-9-22-14)17(25)12-5-4-11(20)8-13(12)21/h4-5,8-10,15,17H,6-7H2,1-3H3,(H,22,23)(H,24,27)/t15-,17?/m0/s1. The van der Waals surface area contributed by atoms with E-state index in [1.54, 1.807) is 13.8 Å². The number of esters is 1. The van der Waals surface area contributed by atoms with Crippen LogP contribution in [0.1, 0.15) is 36.8 Å². The predicted molar refractivity (Wildman–Crippen MR) is 96.4 cm³/mol. The fourth-order valence-electron chi connectivity index (χ4n) is 3.37. The number of halogens is 2. The molecule has 150 valence electrons. The van der Waals surface area contributed by atoms with Crippen molar-refractivity contribution in [3.05, 3.63) is 53.1 Å². The number of H-pyrrole nitrogens is 1. The SMILES string of the molecule is COC(=O)[C@@H](NC(=O)N1CCc2[nH]cnc2C1c1ccc(F)cc1F)C(C)C. The van der Waals surface area contributed by atoms with Gasteiger partial charge >= 0.3 is 12.0 Å². The Labute approximate surface area is 161 Å². The third-order valence-electron chi connectivity index (χ3n) is 4.84. The van der Waals surface area contributed by atoms with Crippen molar-refractivity contribution in [2.45, 2.75) is 32.4 Å². The van der Waals surface area contributed by atoms with Crippen LogP contribution in [0.4, 0.5) is 13.6 Å². The van der Waals surface area contributed by atoms with Crippen LogP contribution in [0.5, 0.6) is 0 Å². The van der Waals surface area contributed by atoms with Crippen LogP contribution in [0.25, 0.3) is 0 Å². The van der Waals surface area contributed by atoms with Crippen LogP contribution >= 0.6 is 0 Å². The molecule has 0 aliphatic carbocycles. The number of imidazole rings is 1. The van der Waals surface area contributed by atoms with Crippen molar-refractivity contribution >= 4 is 12.0 Å². The second kappa shape index (κ2) is 7.95. The summed E-state index contributed by atoms with van der Waals surface area (Å²) in [6.07, 6.45) is 1.97. The second-order valence-electron chi connectivity index (χ2n) is 6.97. The van der Waals surface area contributed by atoms with Crippen LogP contribution in [0, 0.1) is 17.6 Å². The molecule has 2 heterocycles. The first-order chi connectivity index (χ1) is 13.3. The molecule has 1 aliphatic rings. The van der Waals surface area contributed by atoms with Crippen molar-refractivity contribution < 1.29 is 23.1 Å². The minimum Gasteiger partial charge on any atom is -0.467 e. The van der Waals surface area contributed by atoms with E-state index in [0.717, 1.165) is 17.8 Å². The number of ether oxygens (including phenoxy) is 1. The number of nitrogens with zero attached hydrogens (tertiary/aromatic N) is 2. The molecule has 0 saturated carbocycles. The molecule has 0 fully saturated rings. The summed E-state index contributed by atoms with van der Waals surface area (Å²) < 4.78 is 32.7. The lowest BCUT2D eigenvalue weighted by Gasteiger charge is -2.36. The van der Waals surface area contributed by atoms with Gasteiger partial charge in [-0.2, -0.15) is 0 Å². The maximum atomic E-state index is 14.5. The Morgan fingerprint density at radius 3 is 2.75 bits per heavy atom. The lowest BCUT2D eigenvalue weighted by atomic mass is 9.95. The van der Waals surface area contributed by atoms with Crippen LogP contribution in [-0.4, -0.2) is 46.6 Å². The fourth-order valence-corrected chi connectivity index (χ4v) is 3.37. The lowest BCUT2D eigenvalue weighted by Crippen LogP contribution is -2.53. The quantitative estimate of drug-likeness (QED) is 0.783. The number of urea groups is 1. The molecule has 2 amide bonds. The van der Waals surface area contributed by atoms with Gasteiger partial charge in [-0.05, 0) is 12.0 Å². The number of carbonyl (C=O) groups excluding carboxylic acids is 2. The average molecular weight is 392 g/mol. The smallest absolute Gasteiger partial charge is 0.328 e. The largest absolute Gasteiger partial charge is 0.467 e. The van der Waals surface area contributed by atoms with Gasteiger partial charge in [0, 0.05) is 30.3 Å². The molecular formula is C19H22F2N4O3. The van der Waals surface area contributed by atoms with Crippen molar-refractivity contribution in [3.8, 4) is 0 Å². The zero-order valence-electron chi connectivity index (χ0n) is 15.8. The Morgan fingerprint density at radius 2 is 2.11 bits per heavy atom. The average Bonchev–Trinajstić information content (AvgIpc) is 3.13. The van der Waals surface area contributed by atoms with E-state index in [2.05, 4.69) is 15.3 Å². The minimum atomic E-state index is -0.850. The van der Waals surface area contributed by atoms with E-state index in [0.29, 0.717) is 12.1 Å². The van der Waals surface area contributed by atoms with E-state index >= 15 is 0 Å². The third-order valence-corrected chi connectivity index (χ3v) is 4.84. The first kappa shape index (κ1) is 19.8. The molecule has 0 saturated heterocycles. The molecule has 28 heavy (non-hydrogen) atoms. The fraction of sp³-hybridized carbons (Fsp3) is 0.421. The van der Waals surface area contributed by atoms with Crippen molar-refractivity contribution in [1.82, 2.24) is 20.2 Å². The number of amides is 2. The molecule has 9 heteroatoms. The van der Waals surface area contributed by atoms with Crippen molar-refractivity contribution in [1.29, 1.82) is 0 Å². The summed E-state index contributed by atoms with van der Waals surface area (Å²) in [6.45, 7) is 3.83. The van der Waals surface area contributed by atoms with Crippen LogP contribution < -0.4 is 5.32 Å². The molecule has 7 nitrogen and oxygen atoms in total. The summed E-state index contributed by atoms with van der Waals surface area (Å²) in [5.41, 5.74) is 1.40. The molecule has 0 radical (unpaired) electrons. The summed E-state index contributed by atoms with van der Waals surface area (Å²) >= 11 is 0. The van der Waals surface area contributed by atoms with Gasteiger partial charge in [-0.1, -0.05) is 19.9 Å². The van der Waals surface area contributed by atoms with Gasteiger partial charge in [0.05, 0.1) is 19.1 Å². The number of methoxy groups -OCH3 is 1. The van der Waals surface area contributed by atoms with E-state index in [-0.39, 0.29) is 18.0 Å². The minimum absolute atomic E-state index is 0.128. The number of rotatable bonds is 4. The molecule has 1 aromatic heterocycles. The molecule has 2 aromatic rings. The van der Waals surface area contributed by atoms with Crippen LogP contribution in [-0.2, 0) is 16.0 Å². The maximum absolute atomic E-state index is 14.5. The van der Waals surface area contributed by atoms with Gasteiger partial charge in [0.2, 0.25) is 0 Å². The van der Waals surface area contributed by atoms with Gasteiger partial charge in [-0.3, -0.25) is 0 Å². The van der Waals surface area contributed by atoms with Crippen molar-refractivity contribution in [3.63, 3.8) is 0 Å². The normalized spacial score (nSPS) is 17.2. The van der Waals surface area contributed by atoms with E-state index in [9.17, 15) is 18.4 Å². The Kier molecular flexibility index (Phi) is 5.62. The number of aromatic amines is 1. The molecule has 0 bridgehead atoms. The zero-order valence-corrected chi connectivity index (χ0v) is 15.8. The van der Waals surface area contributed by atoms with E-state index in [1.807, 2.05) is 0 Å². The van der Waals surface area contributed by atoms with Crippen LogP contribution in [0.2, 0.25) is 0 Å². The number of carbonyl (C=O) groups is 2. The number of aromatic nitrogens is 2. The Balaban J connectivity index is 1.96. The van der Waals surface area contributed by atoms with E-state index in [1.165, 1.54) is 24.4 Å². The molecule has 2 N–H and O–H groups in total. The number of benzene rings is 1. The Hall–Kier alpha value is -2.97. The van der Waals surface area contributed by atoms with Gasteiger partial charge in [0.1, 0.15) is 23.7 Å². The number of hydrogen-bond donors (Lipinski definition) is 2.